The molecule has 1 saturated heterocycles. The molecule has 7 heteroatoms. The van der Waals surface area contributed by atoms with Gasteiger partial charge in [-0.2, -0.15) is 0 Å². The normalized spacial score (nSPS) is 17.2. The standard InChI is InChI=1S/C28H26ClNO5/c1-17(2)35-22-12-10-18(11-13-22)16-30-25(19-6-5-9-23(15-19)34-3)24(27(32)28(30)33)26(31)20-7-4-8-21(29)14-20/h4-15,17,25,31H,16H2,1-3H3/b26-24-. The van der Waals surface area contributed by atoms with Gasteiger partial charge >= 0.3 is 0 Å². The lowest BCUT2D eigenvalue weighted by molar-refractivity contribution is -0.140. The Bertz CT molecular complexity index is 1280. The zero-order chi connectivity index (χ0) is 25.1. The molecule has 180 valence electrons. The molecular formula is C28H26ClNO5. The molecule has 6 nitrogen and oxygen atoms in total. The van der Waals surface area contributed by atoms with Crippen molar-refractivity contribution in [2.45, 2.75) is 32.5 Å². The number of carbonyl (C=O) groups excluding carboxylic acids is 2. The maximum atomic E-state index is 13.2. The quantitative estimate of drug-likeness (QED) is 0.258. The minimum atomic E-state index is -0.810. The summed E-state index contributed by atoms with van der Waals surface area (Å²) in [4.78, 5) is 27.9. The molecule has 0 radical (unpaired) electrons. The Kier molecular flexibility index (Phi) is 7.12. The zero-order valence-electron chi connectivity index (χ0n) is 19.7. The molecule has 1 unspecified atom stereocenters. The zero-order valence-corrected chi connectivity index (χ0v) is 20.5. The minimum Gasteiger partial charge on any atom is -0.507 e. The molecule has 1 aliphatic rings. The van der Waals surface area contributed by atoms with Gasteiger partial charge < -0.3 is 19.5 Å². The van der Waals surface area contributed by atoms with E-state index in [2.05, 4.69) is 0 Å². The molecule has 0 aromatic heterocycles. The number of benzene rings is 3. The summed E-state index contributed by atoms with van der Waals surface area (Å²) < 4.78 is 11.1. The van der Waals surface area contributed by atoms with Crippen molar-refractivity contribution in [2.24, 2.45) is 0 Å². The molecular weight excluding hydrogens is 466 g/mol. The number of amides is 1. The lowest BCUT2D eigenvalue weighted by Crippen LogP contribution is -2.29. The van der Waals surface area contributed by atoms with Crippen molar-refractivity contribution in [2.75, 3.05) is 7.11 Å². The summed E-state index contributed by atoms with van der Waals surface area (Å²) in [6, 6.07) is 20.2. The third-order valence-electron chi connectivity index (χ3n) is 5.70. The van der Waals surface area contributed by atoms with Gasteiger partial charge in [0.2, 0.25) is 0 Å². The Labute approximate surface area is 209 Å². The first kappa shape index (κ1) is 24.4. The number of methoxy groups -OCH3 is 1. The van der Waals surface area contributed by atoms with Crippen molar-refractivity contribution in [1.82, 2.24) is 4.90 Å². The minimum absolute atomic E-state index is 0.00489. The Morgan fingerprint density at radius 3 is 2.37 bits per heavy atom. The first-order valence-electron chi connectivity index (χ1n) is 11.2. The maximum Gasteiger partial charge on any atom is 0.295 e. The summed E-state index contributed by atoms with van der Waals surface area (Å²) in [6.07, 6.45) is 0.0400. The molecule has 4 rings (SSSR count). The first-order chi connectivity index (χ1) is 16.8. The second-order valence-electron chi connectivity index (χ2n) is 8.52. The number of halogens is 1. The van der Waals surface area contributed by atoms with E-state index in [-0.39, 0.29) is 24.0 Å². The highest BCUT2D eigenvalue weighted by Crippen LogP contribution is 2.41. The lowest BCUT2D eigenvalue weighted by atomic mass is 9.95. The summed E-state index contributed by atoms with van der Waals surface area (Å²) >= 11 is 6.11. The van der Waals surface area contributed by atoms with Gasteiger partial charge in [-0.15, -0.1) is 0 Å². The molecule has 1 amide bonds. The second-order valence-corrected chi connectivity index (χ2v) is 8.96. The third-order valence-corrected chi connectivity index (χ3v) is 5.93. The Morgan fingerprint density at radius 1 is 1.00 bits per heavy atom. The fourth-order valence-electron chi connectivity index (χ4n) is 4.13. The summed E-state index contributed by atoms with van der Waals surface area (Å²) in [5, 5.41) is 11.6. The van der Waals surface area contributed by atoms with Crippen molar-refractivity contribution in [1.29, 1.82) is 0 Å². The van der Waals surface area contributed by atoms with Gasteiger partial charge in [0, 0.05) is 17.1 Å². The average molecular weight is 492 g/mol. The van der Waals surface area contributed by atoms with Crippen molar-refractivity contribution < 1.29 is 24.2 Å². The third kappa shape index (κ3) is 5.17. The monoisotopic (exact) mass is 491 g/mol. The average Bonchev–Trinajstić information content (AvgIpc) is 3.09. The van der Waals surface area contributed by atoms with Crippen LogP contribution < -0.4 is 9.47 Å². The number of hydrogen-bond acceptors (Lipinski definition) is 5. The topological polar surface area (TPSA) is 76.1 Å². The van der Waals surface area contributed by atoms with Crippen LogP contribution in [0.5, 0.6) is 11.5 Å². The van der Waals surface area contributed by atoms with E-state index in [0.29, 0.717) is 21.9 Å². The number of ketones is 1. The molecule has 0 aliphatic carbocycles. The van der Waals surface area contributed by atoms with Gasteiger partial charge in [-0.1, -0.05) is 48.0 Å². The van der Waals surface area contributed by atoms with E-state index in [1.165, 1.54) is 4.90 Å². The molecule has 1 atom stereocenters. The van der Waals surface area contributed by atoms with Gasteiger partial charge in [0.1, 0.15) is 17.3 Å². The smallest absolute Gasteiger partial charge is 0.295 e. The van der Waals surface area contributed by atoms with E-state index in [0.717, 1.165) is 11.3 Å². The predicted octanol–water partition coefficient (Wildman–Crippen LogP) is 5.76. The SMILES string of the molecule is COc1cccc(C2/C(=C(/O)c3cccc(Cl)c3)C(=O)C(=O)N2Cc2ccc(OC(C)C)cc2)c1. The number of likely N-dealkylation sites (tertiary alicyclic amines) is 1. The molecule has 3 aromatic rings. The van der Waals surface area contributed by atoms with E-state index in [1.54, 1.807) is 55.6 Å². The Hall–Kier alpha value is -3.77. The number of hydrogen-bond donors (Lipinski definition) is 1. The van der Waals surface area contributed by atoms with Crippen molar-refractivity contribution in [3.63, 3.8) is 0 Å². The van der Waals surface area contributed by atoms with Crippen LogP contribution in [0.3, 0.4) is 0 Å². The summed E-state index contributed by atoms with van der Waals surface area (Å²) in [5.74, 6) is -0.428. The van der Waals surface area contributed by atoms with Crippen molar-refractivity contribution in [3.8, 4) is 11.5 Å². The molecule has 1 aliphatic heterocycles. The lowest BCUT2D eigenvalue weighted by Gasteiger charge is -2.26. The first-order valence-corrected chi connectivity index (χ1v) is 11.6. The van der Waals surface area contributed by atoms with Gasteiger partial charge in [-0.25, -0.2) is 0 Å². The molecule has 35 heavy (non-hydrogen) atoms. The predicted molar refractivity (Wildman–Crippen MR) is 134 cm³/mol. The van der Waals surface area contributed by atoms with Gasteiger partial charge in [0.25, 0.3) is 11.7 Å². The summed E-state index contributed by atoms with van der Waals surface area (Å²) in [6.45, 7) is 4.06. The van der Waals surface area contributed by atoms with Gasteiger partial charge in [0.15, 0.2) is 0 Å². The number of aliphatic hydroxyl groups excluding tert-OH is 1. The fourth-order valence-corrected chi connectivity index (χ4v) is 4.33. The van der Waals surface area contributed by atoms with Crippen LogP contribution >= 0.6 is 11.6 Å². The highest BCUT2D eigenvalue weighted by molar-refractivity contribution is 6.46. The number of rotatable bonds is 7. The molecule has 3 aromatic carbocycles. The molecule has 0 bridgehead atoms. The van der Waals surface area contributed by atoms with Gasteiger partial charge in [0.05, 0.1) is 24.8 Å². The van der Waals surface area contributed by atoms with Crippen LogP contribution in [0.15, 0.2) is 78.4 Å². The van der Waals surface area contributed by atoms with Crippen LogP contribution in [-0.4, -0.2) is 34.9 Å². The summed E-state index contributed by atoms with van der Waals surface area (Å²) in [5.41, 5.74) is 1.83. The van der Waals surface area contributed by atoms with Crippen LogP contribution in [0.1, 0.15) is 36.6 Å². The molecule has 1 heterocycles. The summed E-state index contributed by atoms with van der Waals surface area (Å²) in [7, 11) is 1.54. The van der Waals surface area contributed by atoms with Crippen molar-refractivity contribution in [3.05, 3.63) is 100 Å². The van der Waals surface area contributed by atoms with Gasteiger partial charge in [-0.05, 0) is 61.4 Å². The highest BCUT2D eigenvalue weighted by Gasteiger charge is 2.46. The maximum absolute atomic E-state index is 13.2. The number of ether oxygens (including phenoxy) is 2. The van der Waals surface area contributed by atoms with E-state index in [4.69, 9.17) is 21.1 Å². The molecule has 1 fully saturated rings. The van der Waals surface area contributed by atoms with E-state index < -0.39 is 17.7 Å². The highest BCUT2D eigenvalue weighted by atomic mass is 35.5. The van der Waals surface area contributed by atoms with Crippen LogP contribution in [-0.2, 0) is 16.1 Å². The van der Waals surface area contributed by atoms with E-state index >= 15 is 0 Å². The van der Waals surface area contributed by atoms with Crippen LogP contribution in [0.2, 0.25) is 5.02 Å². The number of nitrogens with zero attached hydrogens (tertiary/aromatic N) is 1. The molecule has 0 saturated carbocycles. The van der Waals surface area contributed by atoms with E-state index in [9.17, 15) is 14.7 Å². The Balaban J connectivity index is 1.79. The van der Waals surface area contributed by atoms with Crippen LogP contribution in [0.25, 0.3) is 5.76 Å². The van der Waals surface area contributed by atoms with Crippen LogP contribution in [0, 0.1) is 0 Å². The number of carbonyl (C=O) groups is 2. The molecule has 1 N–H and O–H groups in total. The second kappa shape index (κ2) is 10.2. The Morgan fingerprint density at radius 2 is 1.71 bits per heavy atom. The largest absolute Gasteiger partial charge is 0.507 e. The van der Waals surface area contributed by atoms with Crippen LogP contribution in [0.4, 0.5) is 0 Å². The van der Waals surface area contributed by atoms with E-state index in [1.807, 2.05) is 38.1 Å². The van der Waals surface area contributed by atoms with Crippen molar-refractivity contribution >= 4 is 29.1 Å². The van der Waals surface area contributed by atoms with Gasteiger partial charge in [-0.3, -0.25) is 9.59 Å². The number of aliphatic hydroxyl groups is 1. The molecule has 0 spiro atoms. The number of Topliss-reactive ketones (excluding diaryl/α,β-unsaturated/α-hetero) is 1. The fraction of sp³-hybridized carbons (Fsp3) is 0.214.